The molecule has 1 fully saturated rings. The van der Waals surface area contributed by atoms with Gasteiger partial charge in [0, 0.05) is 6.61 Å². The first-order valence-electron chi connectivity index (χ1n) is 5.55. The molecule has 1 unspecified atom stereocenters. The van der Waals surface area contributed by atoms with Crippen LogP contribution < -0.4 is 10.9 Å². The van der Waals surface area contributed by atoms with Crippen LogP contribution in [0, 0.1) is 5.92 Å². The van der Waals surface area contributed by atoms with Crippen molar-refractivity contribution in [2.24, 2.45) is 5.92 Å². The lowest BCUT2D eigenvalue weighted by Crippen LogP contribution is -2.38. The predicted octanol–water partition coefficient (Wildman–Crippen LogP) is 1.56. The maximum Gasteiger partial charge on any atom is 0.243 e. The average molecular weight is 220 g/mol. The summed E-state index contributed by atoms with van der Waals surface area (Å²) in [6.45, 7) is 1.30. The maximum atomic E-state index is 11.7. The van der Waals surface area contributed by atoms with Crippen LogP contribution in [0.3, 0.4) is 0 Å². The fourth-order valence-corrected chi connectivity index (χ4v) is 1.70. The van der Waals surface area contributed by atoms with E-state index in [1.54, 1.807) is 0 Å². The van der Waals surface area contributed by atoms with Crippen molar-refractivity contribution in [1.82, 2.24) is 5.43 Å². The molecule has 1 heterocycles. The molecule has 2 N–H and O–H groups in total. The van der Waals surface area contributed by atoms with Crippen molar-refractivity contribution < 1.29 is 9.53 Å². The minimum absolute atomic E-state index is 0.00329. The number of nitrogens with one attached hydrogen (secondary N) is 2. The molecular weight excluding hydrogens is 204 g/mol. The largest absolute Gasteiger partial charge is 0.381 e. The Balaban J connectivity index is 1.79. The molecule has 0 bridgehead atoms. The molecule has 2 rings (SSSR count). The Hall–Kier alpha value is -1.55. The summed E-state index contributed by atoms with van der Waals surface area (Å²) >= 11 is 0. The van der Waals surface area contributed by atoms with Crippen LogP contribution in [0.25, 0.3) is 0 Å². The zero-order valence-corrected chi connectivity index (χ0v) is 9.11. The molecule has 1 aliphatic rings. The second-order valence-corrected chi connectivity index (χ2v) is 3.89. The SMILES string of the molecule is O=C(NNc1ccccc1)C1CCCOC1. The molecule has 0 spiro atoms. The fourth-order valence-electron chi connectivity index (χ4n) is 1.70. The molecule has 4 heteroatoms. The minimum Gasteiger partial charge on any atom is -0.381 e. The topological polar surface area (TPSA) is 50.4 Å². The molecule has 0 saturated carbocycles. The summed E-state index contributed by atoms with van der Waals surface area (Å²) in [5.74, 6) is -0.0199. The van der Waals surface area contributed by atoms with Crippen LogP contribution >= 0.6 is 0 Å². The molecule has 0 radical (unpaired) electrons. The molecule has 1 atom stereocenters. The second kappa shape index (κ2) is 5.51. The van der Waals surface area contributed by atoms with Gasteiger partial charge in [-0.15, -0.1) is 0 Å². The molecule has 1 amide bonds. The molecule has 1 aromatic carbocycles. The first kappa shape index (κ1) is 11.0. The molecular formula is C12H16N2O2. The number of hydrazine groups is 1. The molecule has 0 aliphatic carbocycles. The van der Waals surface area contributed by atoms with E-state index in [1.807, 2.05) is 30.3 Å². The fraction of sp³-hybridized carbons (Fsp3) is 0.417. The lowest BCUT2D eigenvalue weighted by atomic mass is 10.0. The lowest BCUT2D eigenvalue weighted by molar-refractivity contribution is -0.128. The van der Waals surface area contributed by atoms with Crippen LogP contribution in [-0.4, -0.2) is 19.1 Å². The van der Waals surface area contributed by atoms with Gasteiger partial charge in [-0.05, 0) is 25.0 Å². The van der Waals surface area contributed by atoms with Gasteiger partial charge in [-0.1, -0.05) is 18.2 Å². The van der Waals surface area contributed by atoms with E-state index in [0.29, 0.717) is 6.61 Å². The summed E-state index contributed by atoms with van der Waals surface area (Å²) in [7, 11) is 0. The van der Waals surface area contributed by atoms with Gasteiger partial charge in [0.25, 0.3) is 0 Å². The van der Waals surface area contributed by atoms with Gasteiger partial charge in [0.05, 0.1) is 18.2 Å². The molecule has 4 nitrogen and oxygen atoms in total. The van der Waals surface area contributed by atoms with E-state index in [-0.39, 0.29) is 11.8 Å². The van der Waals surface area contributed by atoms with Crippen LogP contribution in [0.1, 0.15) is 12.8 Å². The Kier molecular flexibility index (Phi) is 3.77. The number of ether oxygens (including phenoxy) is 1. The van der Waals surface area contributed by atoms with Crippen LogP contribution in [0.5, 0.6) is 0 Å². The first-order valence-corrected chi connectivity index (χ1v) is 5.55. The average Bonchev–Trinajstić information content (AvgIpc) is 2.38. The van der Waals surface area contributed by atoms with Crippen molar-refractivity contribution in [3.8, 4) is 0 Å². The Bertz CT molecular complexity index is 334. The van der Waals surface area contributed by atoms with E-state index < -0.39 is 0 Å². The highest BCUT2D eigenvalue weighted by atomic mass is 16.5. The Morgan fingerprint density at radius 3 is 2.81 bits per heavy atom. The third kappa shape index (κ3) is 2.97. The Labute approximate surface area is 95.0 Å². The third-order valence-corrected chi connectivity index (χ3v) is 2.63. The van der Waals surface area contributed by atoms with E-state index in [1.165, 1.54) is 0 Å². The van der Waals surface area contributed by atoms with Crippen molar-refractivity contribution >= 4 is 11.6 Å². The minimum atomic E-state index is -0.0232. The molecule has 1 aliphatic heterocycles. The highest BCUT2D eigenvalue weighted by molar-refractivity contribution is 5.80. The van der Waals surface area contributed by atoms with Crippen LogP contribution in [0.4, 0.5) is 5.69 Å². The highest BCUT2D eigenvalue weighted by Crippen LogP contribution is 2.13. The molecule has 1 aromatic rings. The summed E-state index contributed by atoms with van der Waals surface area (Å²) in [6, 6.07) is 9.56. The summed E-state index contributed by atoms with van der Waals surface area (Å²) in [5, 5.41) is 0. The van der Waals surface area contributed by atoms with Crippen LogP contribution in [-0.2, 0) is 9.53 Å². The number of carbonyl (C=O) groups is 1. The zero-order valence-electron chi connectivity index (χ0n) is 9.11. The number of amides is 1. The van der Waals surface area contributed by atoms with E-state index in [0.717, 1.165) is 25.1 Å². The monoisotopic (exact) mass is 220 g/mol. The Morgan fingerprint density at radius 1 is 1.31 bits per heavy atom. The number of carbonyl (C=O) groups excluding carboxylic acids is 1. The molecule has 86 valence electrons. The van der Waals surface area contributed by atoms with E-state index in [2.05, 4.69) is 10.9 Å². The van der Waals surface area contributed by atoms with E-state index >= 15 is 0 Å². The summed E-state index contributed by atoms with van der Waals surface area (Å²) in [6.07, 6.45) is 1.87. The zero-order chi connectivity index (χ0) is 11.2. The lowest BCUT2D eigenvalue weighted by Gasteiger charge is -2.21. The molecule has 16 heavy (non-hydrogen) atoms. The number of benzene rings is 1. The number of para-hydroxylation sites is 1. The number of hydrogen-bond acceptors (Lipinski definition) is 3. The van der Waals surface area contributed by atoms with E-state index in [9.17, 15) is 4.79 Å². The van der Waals surface area contributed by atoms with E-state index in [4.69, 9.17) is 4.74 Å². The van der Waals surface area contributed by atoms with Gasteiger partial charge in [-0.25, -0.2) is 0 Å². The summed E-state index contributed by atoms with van der Waals surface area (Å²) in [4.78, 5) is 11.7. The number of anilines is 1. The van der Waals surface area contributed by atoms with Crippen molar-refractivity contribution in [1.29, 1.82) is 0 Å². The summed E-state index contributed by atoms with van der Waals surface area (Å²) < 4.78 is 5.27. The Morgan fingerprint density at radius 2 is 2.12 bits per heavy atom. The summed E-state index contributed by atoms with van der Waals surface area (Å²) in [5.41, 5.74) is 6.47. The van der Waals surface area contributed by atoms with Gasteiger partial charge < -0.3 is 4.74 Å². The number of hydrogen-bond donors (Lipinski definition) is 2. The van der Waals surface area contributed by atoms with Crippen molar-refractivity contribution in [2.75, 3.05) is 18.6 Å². The second-order valence-electron chi connectivity index (χ2n) is 3.89. The van der Waals surface area contributed by atoms with Gasteiger partial charge in [0.2, 0.25) is 5.91 Å². The van der Waals surface area contributed by atoms with Gasteiger partial charge in [0.1, 0.15) is 0 Å². The van der Waals surface area contributed by atoms with Crippen molar-refractivity contribution in [3.63, 3.8) is 0 Å². The van der Waals surface area contributed by atoms with Gasteiger partial charge >= 0.3 is 0 Å². The highest BCUT2D eigenvalue weighted by Gasteiger charge is 2.21. The van der Waals surface area contributed by atoms with Crippen molar-refractivity contribution in [3.05, 3.63) is 30.3 Å². The molecule has 1 saturated heterocycles. The standard InChI is InChI=1S/C12H16N2O2/c15-12(10-5-4-8-16-9-10)14-13-11-6-2-1-3-7-11/h1-3,6-7,10,13H,4-5,8-9H2,(H,14,15). The third-order valence-electron chi connectivity index (χ3n) is 2.63. The van der Waals surface area contributed by atoms with Gasteiger partial charge in [-0.2, -0.15) is 0 Å². The first-order chi connectivity index (χ1) is 7.86. The maximum absolute atomic E-state index is 11.7. The van der Waals surface area contributed by atoms with Crippen molar-refractivity contribution in [2.45, 2.75) is 12.8 Å². The van der Waals surface area contributed by atoms with Gasteiger partial charge in [-0.3, -0.25) is 15.6 Å². The predicted molar refractivity (Wildman–Crippen MR) is 61.8 cm³/mol. The normalized spacial score (nSPS) is 20.1. The molecule has 0 aromatic heterocycles. The van der Waals surface area contributed by atoms with Crippen LogP contribution in [0.2, 0.25) is 0 Å². The smallest absolute Gasteiger partial charge is 0.243 e. The number of rotatable bonds is 3. The van der Waals surface area contributed by atoms with Gasteiger partial charge in [0.15, 0.2) is 0 Å². The van der Waals surface area contributed by atoms with Crippen LogP contribution in [0.15, 0.2) is 30.3 Å². The quantitative estimate of drug-likeness (QED) is 0.760.